The van der Waals surface area contributed by atoms with Crippen molar-refractivity contribution in [1.29, 1.82) is 0 Å². The molecule has 65 heavy (non-hydrogen) atoms. The summed E-state index contributed by atoms with van der Waals surface area (Å²) in [6.45, 7) is 3.67. The molecule has 0 aliphatic carbocycles. The van der Waals surface area contributed by atoms with Crippen LogP contribution in [-0.2, 0) is 14.3 Å². The summed E-state index contributed by atoms with van der Waals surface area (Å²) in [7, 11) is 0. The molecule has 9 nitrogen and oxygen atoms in total. The Kier molecular flexibility index (Phi) is 43.2. The van der Waals surface area contributed by atoms with Crippen LogP contribution in [0.4, 0.5) is 0 Å². The molecule has 0 aromatic carbocycles. The highest BCUT2D eigenvalue weighted by Crippen LogP contribution is 2.23. The number of aliphatic hydroxyl groups excluding tert-OH is 5. The molecule has 1 fully saturated rings. The first-order valence-electron chi connectivity index (χ1n) is 27.4. The number of rotatable bonds is 46. The smallest absolute Gasteiger partial charge is 0.220 e. The van der Waals surface area contributed by atoms with Crippen molar-refractivity contribution in [2.45, 2.75) is 288 Å². The first-order chi connectivity index (χ1) is 31.8. The maximum Gasteiger partial charge on any atom is 0.220 e. The number of amides is 1. The molecule has 380 valence electrons. The van der Waals surface area contributed by atoms with Crippen molar-refractivity contribution in [3.63, 3.8) is 0 Å². The molecule has 6 N–H and O–H groups in total. The fraction of sp³-hybridized carbons (Fsp3) is 0.839. The fourth-order valence-corrected chi connectivity index (χ4v) is 8.58. The molecule has 9 heteroatoms. The maximum absolute atomic E-state index is 13.0. The molecule has 0 aromatic rings. The Bertz CT molecular complexity index is 1160. The lowest BCUT2D eigenvalue weighted by Crippen LogP contribution is -2.60. The molecule has 0 saturated carbocycles. The molecule has 7 unspecified atom stereocenters. The van der Waals surface area contributed by atoms with Crippen molar-refractivity contribution >= 4 is 5.91 Å². The third-order valence-electron chi connectivity index (χ3n) is 12.9. The van der Waals surface area contributed by atoms with Gasteiger partial charge < -0.3 is 40.3 Å². The Balaban J connectivity index is 2.23. The molecule has 0 radical (unpaired) electrons. The van der Waals surface area contributed by atoms with Gasteiger partial charge in [-0.1, -0.05) is 236 Å². The van der Waals surface area contributed by atoms with Gasteiger partial charge in [0.1, 0.15) is 24.4 Å². The van der Waals surface area contributed by atoms with Gasteiger partial charge in [-0.15, -0.1) is 0 Å². The molecule has 1 rings (SSSR count). The van der Waals surface area contributed by atoms with E-state index in [-0.39, 0.29) is 12.5 Å². The van der Waals surface area contributed by atoms with Crippen LogP contribution in [0.5, 0.6) is 0 Å². The number of allylic oxidation sites excluding steroid dienone is 7. The number of carbonyl (C=O) groups excluding carboxylic acids is 1. The lowest BCUT2D eigenvalue weighted by molar-refractivity contribution is -0.302. The molecule has 1 aliphatic heterocycles. The molecular formula is C56H103NO8. The van der Waals surface area contributed by atoms with Crippen LogP contribution in [0, 0.1) is 0 Å². The average molecular weight is 918 g/mol. The van der Waals surface area contributed by atoms with E-state index in [1.165, 1.54) is 148 Å². The Hall–Kier alpha value is -1.85. The summed E-state index contributed by atoms with van der Waals surface area (Å²) < 4.78 is 11.2. The standard InChI is InChI=1S/C56H103NO8/c1-3-5-7-9-11-13-15-17-19-20-21-22-23-24-25-26-27-28-29-30-32-33-35-37-39-41-43-45-50(59)49(48-64-56-55(63)54(62)53(61)51(47-58)65-56)57-52(60)46-44-42-40-38-36-34-31-18-16-14-12-10-8-6-4-2/h6,8,12,14,18,31,43,45,49-51,53-56,58-59,61-63H,3-5,7,9-11,13,15-17,19-30,32-42,44,46-48H2,1-2H3,(H,57,60)/b8-6-,14-12-,31-18-,45-43+. The second-order valence-corrected chi connectivity index (χ2v) is 19.0. The van der Waals surface area contributed by atoms with Gasteiger partial charge in [0.05, 0.1) is 25.4 Å². The molecule has 1 aliphatic rings. The van der Waals surface area contributed by atoms with E-state index in [1.807, 2.05) is 6.08 Å². The highest BCUT2D eigenvalue weighted by molar-refractivity contribution is 5.76. The second kappa shape index (κ2) is 45.9. The van der Waals surface area contributed by atoms with Gasteiger partial charge in [0.2, 0.25) is 5.91 Å². The number of aliphatic hydroxyl groups is 5. The zero-order valence-corrected chi connectivity index (χ0v) is 42.0. The summed E-state index contributed by atoms with van der Waals surface area (Å²) in [5.41, 5.74) is 0. The largest absolute Gasteiger partial charge is 0.394 e. The van der Waals surface area contributed by atoms with Gasteiger partial charge in [0, 0.05) is 6.42 Å². The van der Waals surface area contributed by atoms with Crippen LogP contribution in [0.15, 0.2) is 48.6 Å². The minimum atomic E-state index is -1.57. The van der Waals surface area contributed by atoms with E-state index in [4.69, 9.17) is 9.47 Å². The van der Waals surface area contributed by atoms with Crippen molar-refractivity contribution in [3.05, 3.63) is 48.6 Å². The van der Waals surface area contributed by atoms with Crippen LogP contribution in [0.2, 0.25) is 0 Å². The van der Waals surface area contributed by atoms with Gasteiger partial charge in [-0.2, -0.15) is 0 Å². The zero-order valence-electron chi connectivity index (χ0n) is 42.0. The summed E-state index contributed by atoms with van der Waals surface area (Å²) in [6.07, 6.45) is 53.2. The van der Waals surface area contributed by atoms with Gasteiger partial charge in [-0.05, 0) is 51.4 Å². The second-order valence-electron chi connectivity index (χ2n) is 19.0. The molecular weight excluding hydrogens is 815 g/mol. The summed E-state index contributed by atoms with van der Waals surface area (Å²) >= 11 is 0. The number of ether oxygens (including phenoxy) is 2. The number of hydrogen-bond donors (Lipinski definition) is 6. The minimum Gasteiger partial charge on any atom is -0.394 e. The topological polar surface area (TPSA) is 149 Å². The van der Waals surface area contributed by atoms with Crippen molar-refractivity contribution in [2.75, 3.05) is 13.2 Å². The summed E-state index contributed by atoms with van der Waals surface area (Å²) in [6, 6.07) is -0.815. The monoisotopic (exact) mass is 918 g/mol. The Morgan fingerprint density at radius 1 is 0.538 bits per heavy atom. The van der Waals surface area contributed by atoms with Gasteiger partial charge in [-0.3, -0.25) is 4.79 Å². The van der Waals surface area contributed by atoms with E-state index < -0.39 is 49.5 Å². The van der Waals surface area contributed by atoms with Crippen molar-refractivity contribution in [3.8, 4) is 0 Å². The van der Waals surface area contributed by atoms with Crippen molar-refractivity contribution in [1.82, 2.24) is 5.32 Å². The summed E-state index contributed by atoms with van der Waals surface area (Å²) in [5, 5.41) is 54.4. The van der Waals surface area contributed by atoms with Gasteiger partial charge in [-0.25, -0.2) is 0 Å². The van der Waals surface area contributed by atoms with E-state index in [9.17, 15) is 30.3 Å². The van der Waals surface area contributed by atoms with Crippen LogP contribution < -0.4 is 5.32 Å². The highest BCUT2D eigenvalue weighted by Gasteiger charge is 2.44. The molecule has 1 saturated heterocycles. The Labute approximate surface area is 399 Å². The zero-order chi connectivity index (χ0) is 47.3. The van der Waals surface area contributed by atoms with E-state index >= 15 is 0 Å². The van der Waals surface area contributed by atoms with Crippen molar-refractivity contribution in [2.24, 2.45) is 0 Å². The summed E-state index contributed by atoms with van der Waals surface area (Å²) in [4.78, 5) is 13.0. The SMILES string of the molecule is CC/C=C\C/C=C\C/C=C\CCCCCCCC(=O)NC(COC1OC(CO)C(O)C(O)C1O)C(O)/C=C/CCCCCCCCCCCCCCCCCCCCCCCCCCC. The first kappa shape index (κ1) is 61.2. The van der Waals surface area contributed by atoms with Crippen molar-refractivity contribution < 1.29 is 39.8 Å². The summed E-state index contributed by atoms with van der Waals surface area (Å²) in [5.74, 6) is -0.193. The molecule has 1 amide bonds. The Morgan fingerprint density at radius 3 is 1.42 bits per heavy atom. The third kappa shape index (κ3) is 35.9. The van der Waals surface area contributed by atoms with Crippen LogP contribution in [0.25, 0.3) is 0 Å². The number of carbonyl (C=O) groups is 1. The van der Waals surface area contributed by atoms with E-state index in [0.717, 1.165) is 77.0 Å². The van der Waals surface area contributed by atoms with Crippen LogP contribution in [0.3, 0.4) is 0 Å². The lowest BCUT2D eigenvalue weighted by atomic mass is 9.99. The maximum atomic E-state index is 13.0. The van der Waals surface area contributed by atoms with Gasteiger partial charge in [0.15, 0.2) is 6.29 Å². The molecule has 7 atom stereocenters. The first-order valence-corrected chi connectivity index (χ1v) is 27.4. The van der Waals surface area contributed by atoms with Gasteiger partial charge in [0.25, 0.3) is 0 Å². The van der Waals surface area contributed by atoms with E-state index in [0.29, 0.717) is 6.42 Å². The normalized spacial score (nSPS) is 20.3. The predicted octanol–water partition coefficient (Wildman–Crippen LogP) is 13.0. The third-order valence-corrected chi connectivity index (χ3v) is 12.9. The highest BCUT2D eigenvalue weighted by atomic mass is 16.7. The minimum absolute atomic E-state index is 0.193. The van der Waals surface area contributed by atoms with E-state index in [1.54, 1.807) is 6.08 Å². The van der Waals surface area contributed by atoms with Crippen LogP contribution >= 0.6 is 0 Å². The number of unbranched alkanes of at least 4 members (excludes halogenated alkanes) is 30. The van der Waals surface area contributed by atoms with E-state index in [2.05, 4.69) is 55.6 Å². The van der Waals surface area contributed by atoms with Gasteiger partial charge >= 0.3 is 0 Å². The fourth-order valence-electron chi connectivity index (χ4n) is 8.58. The lowest BCUT2D eigenvalue weighted by Gasteiger charge is -2.40. The average Bonchev–Trinajstić information content (AvgIpc) is 3.31. The molecule has 0 bridgehead atoms. The predicted molar refractivity (Wildman–Crippen MR) is 272 cm³/mol. The molecule has 0 spiro atoms. The molecule has 1 heterocycles. The van der Waals surface area contributed by atoms with Crippen LogP contribution in [0.1, 0.15) is 245 Å². The molecule has 0 aromatic heterocycles. The number of nitrogens with one attached hydrogen (secondary N) is 1. The number of hydrogen-bond acceptors (Lipinski definition) is 8. The van der Waals surface area contributed by atoms with Crippen LogP contribution in [-0.4, -0.2) is 87.5 Å². The quantitative estimate of drug-likeness (QED) is 0.0261. The Morgan fingerprint density at radius 2 is 0.954 bits per heavy atom.